The fraction of sp³-hybridized carbons (Fsp3) is 0. The summed E-state index contributed by atoms with van der Waals surface area (Å²) < 4.78 is 6.60. The fourth-order valence-electron chi connectivity index (χ4n) is 2.44. The van der Waals surface area contributed by atoms with Gasteiger partial charge in [0.1, 0.15) is 17.0 Å². The SMILES string of the molecule is O=C(Nc1ccc(Sc2nncs2)c(Cl)c1)c1ccccc1Oc1cccnc1. The molecule has 0 aliphatic rings. The van der Waals surface area contributed by atoms with Crippen LogP contribution in [-0.2, 0) is 0 Å². The number of amides is 1. The standard InChI is InChI=1S/C20H13ClN4O2S2/c21-16-10-13(7-8-18(16)29-20-25-23-12-28-20)24-19(26)15-5-1-2-6-17(15)27-14-4-3-9-22-11-14/h1-12H,(H,24,26). The quantitative estimate of drug-likeness (QED) is 0.409. The van der Waals surface area contributed by atoms with Crippen LogP contribution in [0.3, 0.4) is 0 Å². The number of halogens is 1. The number of anilines is 1. The molecule has 0 aliphatic heterocycles. The highest BCUT2D eigenvalue weighted by molar-refractivity contribution is 8.01. The summed E-state index contributed by atoms with van der Waals surface area (Å²) in [5.74, 6) is 0.687. The van der Waals surface area contributed by atoms with Gasteiger partial charge in [0.2, 0.25) is 0 Å². The van der Waals surface area contributed by atoms with E-state index in [0.29, 0.717) is 27.8 Å². The maximum Gasteiger partial charge on any atom is 0.259 e. The van der Waals surface area contributed by atoms with Crippen molar-refractivity contribution >= 4 is 46.3 Å². The molecule has 2 aromatic carbocycles. The van der Waals surface area contributed by atoms with E-state index in [1.807, 2.05) is 6.07 Å². The maximum atomic E-state index is 12.8. The van der Waals surface area contributed by atoms with E-state index in [2.05, 4.69) is 20.5 Å². The third kappa shape index (κ3) is 4.92. The first kappa shape index (κ1) is 19.4. The summed E-state index contributed by atoms with van der Waals surface area (Å²) in [5, 5.41) is 11.2. The lowest BCUT2D eigenvalue weighted by Gasteiger charge is -2.12. The lowest BCUT2D eigenvalue weighted by molar-refractivity contribution is 0.102. The summed E-state index contributed by atoms with van der Waals surface area (Å²) in [6.07, 6.45) is 3.24. The highest BCUT2D eigenvalue weighted by atomic mass is 35.5. The van der Waals surface area contributed by atoms with Crippen LogP contribution < -0.4 is 10.1 Å². The second-order valence-electron chi connectivity index (χ2n) is 5.69. The summed E-state index contributed by atoms with van der Waals surface area (Å²) in [5.41, 5.74) is 2.65. The molecule has 0 atom stereocenters. The van der Waals surface area contributed by atoms with E-state index < -0.39 is 0 Å². The predicted molar refractivity (Wildman–Crippen MR) is 114 cm³/mol. The van der Waals surface area contributed by atoms with Gasteiger partial charge in [0.25, 0.3) is 5.91 Å². The molecule has 1 amide bonds. The Bertz CT molecular complexity index is 1120. The number of ether oxygens (including phenoxy) is 1. The number of hydrogen-bond donors (Lipinski definition) is 1. The van der Waals surface area contributed by atoms with Gasteiger partial charge in [-0.2, -0.15) is 0 Å². The first-order valence-electron chi connectivity index (χ1n) is 8.41. The molecule has 0 saturated heterocycles. The summed E-state index contributed by atoms with van der Waals surface area (Å²) in [4.78, 5) is 17.7. The van der Waals surface area contributed by atoms with E-state index in [9.17, 15) is 4.79 Å². The lowest BCUT2D eigenvalue weighted by atomic mass is 10.2. The lowest BCUT2D eigenvalue weighted by Crippen LogP contribution is -2.13. The molecule has 0 radical (unpaired) electrons. The molecule has 0 spiro atoms. The van der Waals surface area contributed by atoms with E-state index in [0.717, 1.165) is 9.24 Å². The molecule has 1 N–H and O–H groups in total. The largest absolute Gasteiger partial charge is 0.455 e. The Morgan fingerprint density at radius 2 is 2.03 bits per heavy atom. The molecule has 2 heterocycles. The molecule has 0 aliphatic carbocycles. The minimum Gasteiger partial charge on any atom is -0.455 e. The van der Waals surface area contributed by atoms with Crippen LogP contribution in [0.1, 0.15) is 10.4 Å². The van der Waals surface area contributed by atoms with E-state index in [1.165, 1.54) is 23.1 Å². The van der Waals surface area contributed by atoms with Crippen LogP contribution >= 0.6 is 34.7 Å². The first-order chi connectivity index (χ1) is 14.2. The highest BCUT2D eigenvalue weighted by Crippen LogP contribution is 2.35. The van der Waals surface area contributed by atoms with Crippen molar-refractivity contribution in [2.75, 3.05) is 5.32 Å². The Labute approximate surface area is 179 Å². The molecule has 2 aromatic heterocycles. The van der Waals surface area contributed by atoms with Crippen LogP contribution in [0.2, 0.25) is 5.02 Å². The Hall–Kier alpha value is -2.94. The van der Waals surface area contributed by atoms with Crippen molar-refractivity contribution in [2.45, 2.75) is 9.24 Å². The van der Waals surface area contributed by atoms with Crippen LogP contribution in [0.5, 0.6) is 11.5 Å². The van der Waals surface area contributed by atoms with Crippen molar-refractivity contribution < 1.29 is 9.53 Å². The van der Waals surface area contributed by atoms with Gasteiger partial charge in [-0.3, -0.25) is 9.78 Å². The number of aromatic nitrogens is 3. The van der Waals surface area contributed by atoms with Gasteiger partial charge in [-0.15, -0.1) is 10.2 Å². The normalized spacial score (nSPS) is 10.5. The van der Waals surface area contributed by atoms with Gasteiger partial charge in [-0.05, 0) is 42.5 Å². The first-order valence-corrected chi connectivity index (χ1v) is 10.5. The molecule has 6 nitrogen and oxygen atoms in total. The second kappa shape index (κ2) is 9.04. The average molecular weight is 441 g/mol. The van der Waals surface area contributed by atoms with E-state index in [4.69, 9.17) is 16.3 Å². The monoisotopic (exact) mass is 440 g/mol. The third-order valence-electron chi connectivity index (χ3n) is 3.72. The van der Waals surface area contributed by atoms with Crippen LogP contribution in [-0.4, -0.2) is 21.1 Å². The highest BCUT2D eigenvalue weighted by Gasteiger charge is 2.14. The van der Waals surface area contributed by atoms with Crippen molar-refractivity contribution in [1.82, 2.24) is 15.2 Å². The van der Waals surface area contributed by atoms with Crippen molar-refractivity contribution in [3.8, 4) is 11.5 Å². The molecular weight excluding hydrogens is 428 g/mol. The number of carbonyl (C=O) groups excluding carboxylic acids is 1. The summed E-state index contributed by atoms with van der Waals surface area (Å²) in [6.45, 7) is 0. The minimum absolute atomic E-state index is 0.301. The number of hydrogen-bond acceptors (Lipinski definition) is 7. The summed E-state index contributed by atoms with van der Waals surface area (Å²) in [7, 11) is 0. The van der Waals surface area contributed by atoms with Crippen molar-refractivity contribution in [1.29, 1.82) is 0 Å². The smallest absolute Gasteiger partial charge is 0.259 e. The van der Waals surface area contributed by atoms with Crippen LogP contribution in [0.25, 0.3) is 0 Å². The Morgan fingerprint density at radius 1 is 1.14 bits per heavy atom. The molecule has 0 bridgehead atoms. The molecule has 9 heteroatoms. The van der Waals surface area contributed by atoms with Crippen molar-refractivity contribution in [3.63, 3.8) is 0 Å². The molecule has 4 rings (SSSR count). The fourth-order valence-corrected chi connectivity index (χ4v) is 4.17. The molecule has 144 valence electrons. The Morgan fingerprint density at radius 3 is 2.79 bits per heavy atom. The predicted octanol–water partition coefficient (Wildman–Crippen LogP) is 5.78. The molecule has 4 aromatic rings. The summed E-state index contributed by atoms with van der Waals surface area (Å²) in [6, 6.07) is 15.9. The molecule has 29 heavy (non-hydrogen) atoms. The molecule has 0 fully saturated rings. The van der Waals surface area contributed by atoms with Gasteiger partial charge >= 0.3 is 0 Å². The van der Waals surface area contributed by atoms with E-state index in [-0.39, 0.29) is 5.91 Å². The van der Waals surface area contributed by atoms with Gasteiger partial charge in [-0.1, -0.05) is 46.8 Å². The number of rotatable bonds is 6. The minimum atomic E-state index is -0.301. The number of carbonyl (C=O) groups is 1. The van der Waals surface area contributed by atoms with Crippen LogP contribution in [0.15, 0.2) is 81.7 Å². The van der Waals surface area contributed by atoms with Gasteiger partial charge in [0, 0.05) is 16.8 Å². The van der Waals surface area contributed by atoms with Gasteiger partial charge in [0.15, 0.2) is 4.34 Å². The van der Waals surface area contributed by atoms with Gasteiger partial charge < -0.3 is 10.1 Å². The Kier molecular flexibility index (Phi) is 6.04. The maximum absolute atomic E-state index is 12.8. The number of nitrogens with zero attached hydrogens (tertiary/aromatic N) is 3. The Balaban J connectivity index is 1.50. The molecule has 0 unspecified atom stereocenters. The van der Waals surface area contributed by atoms with Crippen LogP contribution in [0, 0.1) is 0 Å². The van der Waals surface area contributed by atoms with Crippen molar-refractivity contribution in [2.24, 2.45) is 0 Å². The zero-order valence-electron chi connectivity index (χ0n) is 14.8. The third-order valence-corrected chi connectivity index (χ3v) is 6.00. The second-order valence-corrected chi connectivity index (χ2v) is 8.22. The number of nitrogens with one attached hydrogen (secondary N) is 1. The zero-order chi connectivity index (χ0) is 20.1. The molecular formula is C20H13ClN4O2S2. The van der Waals surface area contributed by atoms with Gasteiger partial charge in [-0.25, -0.2) is 0 Å². The van der Waals surface area contributed by atoms with Crippen LogP contribution in [0.4, 0.5) is 5.69 Å². The molecule has 0 saturated carbocycles. The summed E-state index contributed by atoms with van der Waals surface area (Å²) >= 11 is 9.22. The van der Waals surface area contributed by atoms with Gasteiger partial charge in [0.05, 0.1) is 16.8 Å². The zero-order valence-corrected chi connectivity index (χ0v) is 17.2. The average Bonchev–Trinajstić information content (AvgIpc) is 3.24. The number of pyridine rings is 1. The number of para-hydroxylation sites is 1. The van der Waals surface area contributed by atoms with E-state index >= 15 is 0 Å². The topological polar surface area (TPSA) is 77.0 Å². The van der Waals surface area contributed by atoms with E-state index in [1.54, 1.807) is 66.4 Å². The number of benzene rings is 2. The van der Waals surface area contributed by atoms with Crippen molar-refractivity contribution in [3.05, 3.63) is 83.1 Å².